The average Bonchev–Trinajstić information content (AvgIpc) is 3.26. The molecule has 9 nitrogen and oxygen atoms in total. The van der Waals surface area contributed by atoms with E-state index in [2.05, 4.69) is 10.2 Å². The van der Waals surface area contributed by atoms with Gasteiger partial charge in [-0.05, 0) is 58.6 Å². The van der Waals surface area contributed by atoms with Gasteiger partial charge >= 0.3 is 6.72 Å². The predicted molar refractivity (Wildman–Crippen MR) is 161 cm³/mol. The number of para-hydroxylation sites is 1. The molecule has 0 radical (unpaired) electrons. The van der Waals surface area contributed by atoms with Gasteiger partial charge in [0.2, 0.25) is 5.16 Å². The van der Waals surface area contributed by atoms with Crippen molar-refractivity contribution < 1.29 is 22.6 Å². The van der Waals surface area contributed by atoms with Gasteiger partial charge in [-0.25, -0.2) is 0 Å². The van der Waals surface area contributed by atoms with Gasteiger partial charge in [-0.3, -0.25) is 9.05 Å². The Morgan fingerprint density at radius 2 is 1.42 bits per heavy atom. The number of hydrogen-bond donors (Lipinski definition) is 0. The summed E-state index contributed by atoms with van der Waals surface area (Å²) >= 11 is 12.6. The first-order valence-electron chi connectivity index (χ1n) is 12.1. The minimum Gasteiger partial charge on any atom is -0.423 e. The Hall–Kier alpha value is -1.46. The Kier molecular flexibility index (Phi) is 12.1. The quantitative estimate of drug-likeness (QED) is 0.128. The van der Waals surface area contributed by atoms with Gasteiger partial charge in [0.05, 0.1) is 32.1 Å². The second kappa shape index (κ2) is 14.8. The van der Waals surface area contributed by atoms with Crippen molar-refractivity contribution >= 4 is 53.1 Å². The van der Waals surface area contributed by atoms with Crippen molar-refractivity contribution in [2.45, 2.75) is 39.8 Å². The smallest absolute Gasteiger partial charge is 0.380 e. The molecule has 0 spiro atoms. The van der Waals surface area contributed by atoms with Gasteiger partial charge in [-0.15, -0.1) is 10.2 Å². The molecule has 0 bridgehead atoms. The highest BCUT2D eigenvalue weighted by molar-refractivity contribution is 8.67. The first-order chi connectivity index (χ1) is 18.3. The fourth-order valence-electron chi connectivity index (χ4n) is 3.26. The molecule has 0 N–H and O–H groups in total. The van der Waals surface area contributed by atoms with Gasteiger partial charge in [0, 0.05) is 34.3 Å². The van der Waals surface area contributed by atoms with E-state index in [9.17, 15) is 0 Å². The minimum atomic E-state index is -2.99. The molecule has 206 valence electrons. The van der Waals surface area contributed by atoms with E-state index in [1.165, 1.54) is 11.4 Å². The zero-order valence-electron chi connectivity index (χ0n) is 22.0. The molecular weight excluding hydrogens is 582 g/mol. The molecule has 1 heterocycles. The van der Waals surface area contributed by atoms with E-state index < -0.39 is 12.4 Å². The molecule has 0 atom stereocenters. The van der Waals surface area contributed by atoms with Crippen LogP contribution >= 0.6 is 23.8 Å². The summed E-state index contributed by atoms with van der Waals surface area (Å²) in [6.07, 6.45) is 0. The lowest BCUT2D eigenvalue weighted by Crippen LogP contribution is -2.07. The van der Waals surface area contributed by atoms with Crippen molar-refractivity contribution in [1.82, 2.24) is 14.9 Å². The molecular formula is C24H32N4O5P2S3. The number of rotatable bonds is 15. The highest BCUT2D eigenvalue weighted by Gasteiger charge is 2.27. The molecule has 0 saturated carbocycles. The van der Waals surface area contributed by atoms with Crippen molar-refractivity contribution in [2.75, 3.05) is 26.4 Å². The second-order valence-corrected chi connectivity index (χ2v) is 16.4. The molecule has 1 aromatic heterocycles. The lowest BCUT2D eigenvalue weighted by Gasteiger charge is -2.22. The van der Waals surface area contributed by atoms with E-state index in [1.54, 1.807) is 4.68 Å². The Morgan fingerprint density at radius 1 is 0.842 bits per heavy atom. The second-order valence-electron chi connectivity index (χ2n) is 7.41. The van der Waals surface area contributed by atoms with E-state index in [-0.39, 0.29) is 0 Å². The molecule has 3 aromatic rings. The summed E-state index contributed by atoms with van der Waals surface area (Å²) in [5, 5.41) is 14.2. The summed E-state index contributed by atoms with van der Waals surface area (Å²) < 4.78 is 30.9. The van der Waals surface area contributed by atoms with E-state index >= 15 is 0 Å². The monoisotopic (exact) mass is 614 g/mol. The summed E-state index contributed by atoms with van der Waals surface area (Å²) in [4.78, 5) is 0. The van der Waals surface area contributed by atoms with Crippen LogP contribution in [0.2, 0.25) is 0 Å². The van der Waals surface area contributed by atoms with E-state index in [4.69, 9.17) is 51.3 Å². The highest BCUT2D eigenvalue weighted by atomic mass is 32.9. The Labute approximate surface area is 238 Å². The minimum absolute atomic E-state index is 0.375. The maximum absolute atomic E-state index is 6.15. The van der Waals surface area contributed by atoms with Crippen molar-refractivity contribution in [2.24, 2.45) is 5.10 Å². The number of benzene rings is 2. The fraction of sp³-hybridized carbons (Fsp3) is 0.375. The highest BCUT2D eigenvalue weighted by Crippen LogP contribution is 2.63. The van der Waals surface area contributed by atoms with Crippen molar-refractivity contribution in [1.29, 1.82) is 0 Å². The largest absolute Gasteiger partial charge is 0.423 e. The normalized spacial score (nSPS) is 12.6. The molecule has 14 heteroatoms. The summed E-state index contributed by atoms with van der Waals surface area (Å²) in [5.41, 5.74) is -0.524. The fourth-order valence-corrected chi connectivity index (χ4v) is 9.76. The van der Waals surface area contributed by atoms with Gasteiger partial charge in [0.25, 0.3) is 5.69 Å². The number of nitrogens with zero attached hydrogens (tertiary/aromatic N) is 4. The summed E-state index contributed by atoms with van der Waals surface area (Å²) in [7, 11) is 0. The third kappa shape index (κ3) is 8.27. The van der Waals surface area contributed by atoms with Crippen LogP contribution in [-0.4, -0.2) is 47.0 Å². The average molecular weight is 615 g/mol. The maximum atomic E-state index is 6.15. The van der Waals surface area contributed by atoms with E-state index in [0.717, 1.165) is 11.1 Å². The van der Waals surface area contributed by atoms with E-state index in [0.29, 0.717) is 48.9 Å². The van der Waals surface area contributed by atoms with Crippen LogP contribution in [0.25, 0.3) is 11.4 Å². The van der Waals surface area contributed by atoms with Crippen LogP contribution < -0.4 is 4.52 Å². The first kappa shape index (κ1) is 31.1. The molecule has 0 aliphatic carbocycles. The number of aromatic nitrogens is 3. The Morgan fingerprint density at radius 3 is 2.03 bits per heavy atom. The van der Waals surface area contributed by atoms with Gasteiger partial charge in [-0.1, -0.05) is 42.5 Å². The van der Waals surface area contributed by atoms with Crippen molar-refractivity contribution in [3.05, 3.63) is 60.2 Å². The van der Waals surface area contributed by atoms with Gasteiger partial charge in [-0.2, -0.15) is 9.78 Å². The van der Waals surface area contributed by atoms with Crippen LogP contribution in [0.1, 0.15) is 40.2 Å². The van der Waals surface area contributed by atoms with Gasteiger partial charge in [0.15, 0.2) is 5.82 Å². The zero-order chi connectivity index (χ0) is 27.6. The SMILES string of the molecule is CCOP(=S)(OCC)Oc1ccccc1/C(C)=N/n1c(SP(=S)(OCC)OCC)nnc1-c1ccccc1. The molecule has 0 unspecified atom stereocenters. The third-order valence-electron chi connectivity index (χ3n) is 4.72. The predicted octanol–water partition coefficient (Wildman–Crippen LogP) is 7.28. The zero-order valence-corrected chi connectivity index (χ0v) is 26.2. The molecule has 0 saturated heterocycles. The van der Waals surface area contributed by atoms with E-state index in [1.807, 2.05) is 89.2 Å². The lowest BCUT2D eigenvalue weighted by molar-refractivity contribution is 0.218. The molecule has 2 aromatic carbocycles. The van der Waals surface area contributed by atoms with Gasteiger partial charge in [0.1, 0.15) is 5.75 Å². The summed E-state index contributed by atoms with van der Waals surface area (Å²) in [6.45, 7) is 7.94. The summed E-state index contributed by atoms with van der Waals surface area (Å²) in [6, 6.07) is 17.2. The van der Waals surface area contributed by atoms with Crippen LogP contribution in [0.3, 0.4) is 0 Å². The van der Waals surface area contributed by atoms with Crippen molar-refractivity contribution in [3.8, 4) is 17.1 Å². The molecule has 0 fully saturated rings. The Balaban J connectivity index is 2.10. The Bertz CT molecular complexity index is 1300. The molecule has 3 rings (SSSR count). The van der Waals surface area contributed by atoms with Crippen LogP contribution in [0.4, 0.5) is 0 Å². The van der Waals surface area contributed by atoms with Crippen molar-refractivity contribution in [3.63, 3.8) is 0 Å². The molecule has 38 heavy (non-hydrogen) atoms. The molecule has 0 aliphatic heterocycles. The van der Waals surface area contributed by atoms with Crippen LogP contribution in [0.5, 0.6) is 5.75 Å². The molecule has 0 aliphatic rings. The lowest BCUT2D eigenvalue weighted by atomic mass is 10.1. The van der Waals surface area contributed by atoms with Crippen LogP contribution in [0, 0.1) is 0 Å². The van der Waals surface area contributed by atoms with Crippen LogP contribution in [0.15, 0.2) is 64.9 Å². The number of hydrogen-bond acceptors (Lipinski definition) is 11. The molecule has 0 amide bonds. The first-order valence-corrected chi connectivity index (χ1v) is 18.7. The third-order valence-corrected chi connectivity index (χ3v) is 12.0. The van der Waals surface area contributed by atoms with Crippen LogP contribution in [-0.2, 0) is 41.7 Å². The topological polar surface area (TPSA) is 89.2 Å². The standard InChI is InChI=1S/C24H32N4O5P2S3/c1-6-29-34(36,30-7-2)33-22-18-14-13-17-21(22)19(5)27-28-23(20-15-11-10-12-16-20)25-26-24(28)38-35(37,31-8-3)32-9-4/h10-18H,6-9H2,1-5H3/b27-19+. The van der Waals surface area contributed by atoms with Gasteiger partial charge < -0.3 is 13.6 Å². The maximum Gasteiger partial charge on any atom is 0.380 e. The summed E-state index contributed by atoms with van der Waals surface area (Å²) in [5.74, 6) is 1.06.